The Hall–Kier alpha value is -2.88. The van der Waals surface area contributed by atoms with Crippen molar-refractivity contribution in [3.8, 4) is 0 Å². The van der Waals surface area contributed by atoms with E-state index in [1.165, 1.54) is 7.11 Å². The normalized spacial score (nSPS) is 21.5. The monoisotopic (exact) mass is 321 g/mol. The predicted molar refractivity (Wildman–Crippen MR) is 92.1 cm³/mol. The number of methoxy groups -OCH3 is 1. The second-order valence-electron chi connectivity index (χ2n) is 5.95. The van der Waals surface area contributed by atoms with Crippen LogP contribution in [-0.2, 0) is 20.7 Å². The van der Waals surface area contributed by atoms with Gasteiger partial charge in [-0.3, -0.25) is 4.79 Å². The second kappa shape index (κ2) is 6.71. The average Bonchev–Trinajstić information content (AvgIpc) is 2.92. The summed E-state index contributed by atoms with van der Waals surface area (Å²) in [6.45, 7) is 0. The fraction of sp³-hybridized carbons (Fsp3) is 0.200. The van der Waals surface area contributed by atoms with Crippen LogP contribution in [0.5, 0.6) is 0 Å². The number of rotatable bonds is 4. The van der Waals surface area contributed by atoms with E-state index in [0.29, 0.717) is 18.4 Å². The van der Waals surface area contributed by atoms with E-state index in [-0.39, 0.29) is 5.91 Å². The molecular formula is C20H19NO3. The van der Waals surface area contributed by atoms with E-state index in [0.717, 1.165) is 11.1 Å². The summed E-state index contributed by atoms with van der Waals surface area (Å²) in [4.78, 5) is 24.8. The van der Waals surface area contributed by atoms with Crippen LogP contribution in [0.4, 0.5) is 0 Å². The van der Waals surface area contributed by atoms with Gasteiger partial charge in [-0.25, -0.2) is 4.79 Å². The Labute approximate surface area is 141 Å². The Balaban J connectivity index is 1.92. The van der Waals surface area contributed by atoms with Crippen molar-refractivity contribution in [2.75, 3.05) is 7.11 Å². The molecule has 0 aromatic heterocycles. The molecule has 122 valence electrons. The lowest BCUT2D eigenvalue weighted by Crippen LogP contribution is -2.51. The average molecular weight is 321 g/mol. The van der Waals surface area contributed by atoms with Gasteiger partial charge in [-0.2, -0.15) is 0 Å². The zero-order valence-corrected chi connectivity index (χ0v) is 13.5. The van der Waals surface area contributed by atoms with Gasteiger partial charge in [0.1, 0.15) is 5.54 Å². The molecule has 1 fully saturated rings. The number of nitrogens with one attached hydrogen (secondary N) is 1. The van der Waals surface area contributed by atoms with Gasteiger partial charge in [0, 0.05) is 18.4 Å². The van der Waals surface area contributed by atoms with E-state index in [4.69, 9.17) is 4.74 Å². The first-order valence-electron chi connectivity index (χ1n) is 7.83. The summed E-state index contributed by atoms with van der Waals surface area (Å²) in [6, 6.07) is 19.2. The molecule has 0 aliphatic carbocycles. The van der Waals surface area contributed by atoms with E-state index in [2.05, 4.69) is 5.32 Å². The molecule has 0 saturated carbocycles. The number of hydrogen-bond acceptors (Lipinski definition) is 3. The molecule has 1 amide bonds. The van der Waals surface area contributed by atoms with Gasteiger partial charge in [-0.1, -0.05) is 60.7 Å². The topological polar surface area (TPSA) is 55.4 Å². The van der Waals surface area contributed by atoms with Crippen LogP contribution in [0, 0.1) is 0 Å². The number of esters is 1. The fourth-order valence-corrected chi connectivity index (χ4v) is 3.06. The minimum atomic E-state index is -1.05. The standard InChI is InChI=1S/C20H19NO3/c1-24-19(23)20(13-16-10-6-3-7-11-16)14-17(18(22)21-20)12-15-8-4-2-5-9-15/h2-12H,13-14H2,1H3,(H,21,22)/b17-12+/t20-/m0/s1. The fourth-order valence-electron chi connectivity index (χ4n) is 3.06. The van der Waals surface area contributed by atoms with E-state index in [1.54, 1.807) is 0 Å². The number of hydrogen-bond donors (Lipinski definition) is 1. The summed E-state index contributed by atoms with van der Waals surface area (Å²) in [6.07, 6.45) is 2.53. The molecule has 1 heterocycles. The Bertz CT molecular complexity index is 768. The van der Waals surface area contributed by atoms with Crippen molar-refractivity contribution in [1.29, 1.82) is 0 Å². The van der Waals surface area contributed by atoms with Crippen LogP contribution in [-0.4, -0.2) is 24.5 Å². The van der Waals surface area contributed by atoms with E-state index < -0.39 is 11.5 Å². The summed E-state index contributed by atoms with van der Waals surface area (Å²) in [5, 5.41) is 2.86. The first-order chi connectivity index (χ1) is 11.6. The third kappa shape index (κ3) is 3.23. The molecule has 0 radical (unpaired) electrons. The molecule has 1 N–H and O–H groups in total. The third-order valence-corrected chi connectivity index (χ3v) is 4.20. The minimum Gasteiger partial charge on any atom is -0.467 e. The Morgan fingerprint density at radius 1 is 1.12 bits per heavy atom. The molecule has 4 nitrogen and oxygen atoms in total. The highest BCUT2D eigenvalue weighted by Crippen LogP contribution is 2.31. The summed E-state index contributed by atoms with van der Waals surface area (Å²) in [5.41, 5.74) is 1.45. The van der Waals surface area contributed by atoms with Gasteiger partial charge < -0.3 is 10.1 Å². The molecule has 0 unspecified atom stereocenters. The van der Waals surface area contributed by atoms with Crippen molar-refractivity contribution in [1.82, 2.24) is 5.32 Å². The van der Waals surface area contributed by atoms with Crippen LogP contribution >= 0.6 is 0 Å². The van der Waals surface area contributed by atoms with Gasteiger partial charge in [0.15, 0.2) is 0 Å². The summed E-state index contributed by atoms with van der Waals surface area (Å²) in [7, 11) is 1.35. The molecule has 4 heteroatoms. The molecule has 0 bridgehead atoms. The summed E-state index contributed by atoms with van der Waals surface area (Å²) < 4.78 is 4.98. The van der Waals surface area contributed by atoms with Crippen LogP contribution in [0.3, 0.4) is 0 Å². The van der Waals surface area contributed by atoms with E-state index >= 15 is 0 Å². The van der Waals surface area contributed by atoms with Crippen LogP contribution in [0.25, 0.3) is 6.08 Å². The van der Waals surface area contributed by atoms with Gasteiger partial charge in [0.25, 0.3) is 0 Å². The highest BCUT2D eigenvalue weighted by molar-refractivity contribution is 6.05. The van der Waals surface area contributed by atoms with E-state index in [9.17, 15) is 9.59 Å². The lowest BCUT2D eigenvalue weighted by Gasteiger charge is -2.25. The maximum absolute atomic E-state index is 12.4. The largest absolute Gasteiger partial charge is 0.467 e. The smallest absolute Gasteiger partial charge is 0.332 e. The van der Waals surface area contributed by atoms with Crippen LogP contribution in [0.15, 0.2) is 66.2 Å². The highest BCUT2D eigenvalue weighted by Gasteiger charge is 2.48. The number of ether oxygens (including phenoxy) is 1. The quantitative estimate of drug-likeness (QED) is 0.696. The zero-order valence-electron chi connectivity index (χ0n) is 13.5. The first kappa shape index (κ1) is 16.0. The van der Waals surface area contributed by atoms with Crippen molar-refractivity contribution in [2.24, 2.45) is 0 Å². The Kier molecular flexibility index (Phi) is 4.47. The van der Waals surface area contributed by atoms with Crippen molar-refractivity contribution < 1.29 is 14.3 Å². The molecule has 1 aliphatic rings. The van der Waals surface area contributed by atoms with Gasteiger partial charge in [-0.05, 0) is 17.2 Å². The number of benzene rings is 2. The maximum atomic E-state index is 12.4. The molecule has 2 aromatic rings. The number of amides is 1. The summed E-state index contributed by atoms with van der Waals surface area (Å²) in [5.74, 6) is -0.642. The van der Waals surface area contributed by atoms with Gasteiger partial charge in [-0.15, -0.1) is 0 Å². The number of carbonyl (C=O) groups is 2. The second-order valence-corrected chi connectivity index (χ2v) is 5.95. The van der Waals surface area contributed by atoms with Crippen molar-refractivity contribution in [2.45, 2.75) is 18.4 Å². The first-order valence-corrected chi connectivity index (χ1v) is 7.83. The third-order valence-electron chi connectivity index (χ3n) is 4.20. The highest BCUT2D eigenvalue weighted by atomic mass is 16.5. The van der Waals surface area contributed by atoms with Crippen molar-refractivity contribution >= 4 is 18.0 Å². The lowest BCUT2D eigenvalue weighted by molar-refractivity contribution is -0.149. The molecule has 1 saturated heterocycles. The van der Waals surface area contributed by atoms with Gasteiger partial charge in [0.05, 0.1) is 7.11 Å². The molecule has 0 spiro atoms. The molecular weight excluding hydrogens is 302 g/mol. The van der Waals surface area contributed by atoms with Crippen LogP contribution in [0.2, 0.25) is 0 Å². The maximum Gasteiger partial charge on any atom is 0.332 e. The summed E-state index contributed by atoms with van der Waals surface area (Å²) >= 11 is 0. The van der Waals surface area contributed by atoms with Crippen molar-refractivity contribution in [3.63, 3.8) is 0 Å². The van der Waals surface area contributed by atoms with E-state index in [1.807, 2.05) is 66.7 Å². The van der Waals surface area contributed by atoms with Crippen molar-refractivity contribution in [3.05, 3.63) is 77.4 Å². The molecule has 3 rings (SSSR count). The lowest BCUT2D eigenvalue weighted by atomic mass is 9.88. The number of carbonyl (C=O) groups excluding carboxylic acids is 2. The molecule has 1 aliphatic heterocycles. The van der Waals surface area contributed by atoms with Crippen LogP contribution < -0.4 is 5.32 Å². The zero-order chi connectivity index (χ0) is 17.0. The van der Waals surface area contributed by atoms with Gasteiger partial charge >= 0.3 is 5.97 Å². The Morgan fingerprint density at radius 2 is 1.75 bits per heavy atom. The minimum absolute atomic E-state index is 0.222. The predicted octanol–water partition coefficient (Wildman–Crippen LogP) is 2.74. The molecule has 2 aromatic carbocycles. The molecule has 1 atom stereocenters. The van der Waals surface area contributed by atoms with Gasteiger partial charge in [0.2, 0.25) is 5.91 Å². The Morgan fingerprint density at radius 3 is 2.38 bits per heavy atom. The van der Waals surface area contributed by atoms with Crippen LogP contribution in [0.1, 0.15) is 17.5 Å². The molecule has 24 heavy (non-hydrogen) atoms. The SMILES string of the molecule is COC(=O)[C@]1(Cc2ccccc2)C/C(=C\c2ccccc2)C(=O)N1.